The van der Waals surface area contributed by atoms with Crippen LogP contribution in [-0.4, -0.2) is 70.5 Å². The number of fused-ring (bicyclic) bond motifs is 1. The average Bonchev–Trinajstić information content (AvgIpc) is 3.34. The number of ketones is 1. The zero-order valence-corrected chi connectivity index (χ0v) is 20.5. The molecule has 0 saturated heterocycles. The van der Waals surface area contributed by atoms with Crippen molar-refractivity contribution in [3.05, 3.63) is 59.4 Å². The highest BCUT2D eigenvalue weighted by Gasteiger charge is 2.44. The van der Waals surface area contributed by atoms with Crippen LogP contribution >= 0.6 is 0 Å². The van der Waals surface area contributed by atoms with Gasteiger partial charge >= 0.3 is 6.16 Å². The average molecular weight is 515 g/mol. The molecule has 1 heterocycles. The quantitative estimate of drug-likeness (QED) is 0.260. The van der Waals surface area contributed by atoms with Crippen molar-refractivity contribution in [3.63, 3.8) is 0 Å². The molecule has 0 radical (unpaired) electrons. The standard InChI is InChI=1S/C27H30O10/c1-14-9-19(29)23(18(28)5-3-15-4-6-20-16(11-15)7-8-35-20)21(10-14)37-22-12-17(13-36-27(33)34-2)24(30)26(32)25(22)31/h4,6-11,17,22,24-26,29-32H,3,5,12-13H2,1-2H3/t17-,22-,24-,25+,26+/m1/s1. The molecule has 10 heteroatoms. The molecule has 4 rings (SSSR count). The SMILES string of the molecule is COC(=O)OC[C@H]1C[C@@H](Oc2cc(C)cc(O)c2C(=O)CCc2ccc3occc3c2)[C@H](O)[C@@H](O)[C@@H]1O. The second-order valence-corrected chi connectivity index (χ2v) is 9.26. The fraction of sp³-hybridized carbons (Fsp3) is 0.407. The van der Waals surface area contributed by atoms with Crippen LogP contribution in [0.25, 0.3) is 11.0 Å². The maximum Gasteiger partial charge on any atom is 0.507 e. The Hall–Kier alpha value is -3.60. The third-order valence-electron chi connectivity index (χ3n) is 6.62. The van der Waals surface area contributed by atoms with Gasteiger partial charge in [-0.1, -0.05) is 6.07 Å². The molecule has 37 heavy (non-hydrogen) atoms. The third-order valence-corrected chi connectivity index (χ3v) is 6.62. The van der Waals surface area contributed by atoms with Crippen LogP contribution in [0.1, 0.15) is 34.3 Å². The van der Waals surface area contributed by atoms with Crippen LogP contribution in [0.3, 0.4) is 0 Å². The van der Waals surface area contributed by atoms with Crippen molar-refractivity contribution in [2.75, 3.05) is 13.7 Å². The van der Waals surface area contributed by atoms with Gasteiger partial charge in [-0.05, 0) is 61.2 Å². The van der Waals surface area contributed by atoms with Gasteiger partial charge in [0.1, 0.15) is 47.6 Å². The van der Waals surface area contributed by atoms with Gasteiger partial charge in [0.05, 0.1) is 19.5 Å². The molecule has 0 aliphatic heterocycles. The predicted octanol–water partition coefficient (Wildman–Crippen LogP) is 2.90. The summed E-state index contributed by atoms with van der Waals surface area (Å²) in [4.78, 5) is 24.6. The van der Waals surface area contributed by atoms with E-state index in [0.29, 0.717) is 12.0 Å². The van der Waals surface area contributed by atoms with Crippen LogP contribution in [0.2, 0.25) is 0 Å². The van der Waals surface area contributed by atoms with Gasteiger partial charge in [0.15, 0.2) is 5.78 Å². The molecule has 0 amide bonds. The maximum absolute atomic E-state index is 13.2. The van der Waals surface area contributed by atoms with Crippen LogP contribution in [0.4, 0.5) is 4.79 Å². The Kier molecular flexibility index (Phi) is 8.01. The lowest BCUT2D eigenvalue weighted by molar-refractivity contribution is -0.158. The number of aliphatic hydroxyl groups excluding tert-OH is 3. The van der Waals surface area contributed by atoms with Gasteiger partial charge in [0.25, 0.3) is 0 Å². The number of carbonyl (C=O) groups excluding carboxylic acids is 2. The molecular formula is C27H30O10. The number of benzene rings is 2. The molecule has 1 fully saturated rings. The van der Waals surface area contributed by atoms with E-state index < -0.39 is 36.5 Å². The number of hydrogen-bond donors (Lipinski definition) is 4. The van der Waals surface area contributed by atoms with Crippen LogP contribution < -0.4 is 4.74 Å². The number of phenolic OH excluding ortho intramolecular Hbond substituents is 1. The molecule has 0 unspecified atom stereocenters. The van der Waals surface area contributed by atoms with Crippen molar-refractivity contribution in [2.24, 2.45) is 5.92 Å². The van der Waals surface area contributed by atoms with Crippen molar-refractivity contribution in [1.82, 2.24) is 0 Å². The van der Waals surface area contributed by atoms with Crippen molar-refractivity contribution in [2.45, 2.75) is 50.6 Å². The summed E-state index contributed by atoms with van der Waals surface area (Å²) in [5, 5.41) is 42.8. The van der Waals surface area contributed by atoms with Crippen LogP contribution in [0.15, 0.2) is 47.1 Å². The number of carbonyl (C=O) groups is 2. The molecule has 1 saturated carbocycles. The lowest BCUT2D eigenvalue weighted by Crippen LogP contribution is -2.56. The number of hydrogen-bond acceptors (Lipinski definition) is 10. The number of methoxy groups -OCH3 is 1. The Balaban J connectivity index is 1.52. The fourth-order valence-corrected chi connectivity index (χ4v) is 4.62. The summed E-state index contributed by atoms with van der Waals surface area (Å²) in [5.41, 5.74) is 2.25. The minimum atomic E-state index is -1.58. The molecule has 1 aliphatic carbocycles. The summed E-state index contributed by atoms with van der Waals surface area (Å²) in [6.45, 7) is 1.44. The van der Waals surface area contributed by atoms with Gasteiger partial charge in [-0.15, -0.1) is 0 Å². The summed E-state index contributed by atoms with van der Waals surface area (Å²) in [6.07, 6.45) is -4.36. The smallest absolute Gasteiger partial charge is 0.507 e. The molecule has 1 aromatic heterocycles. The van der Waals surface area contributed by atoms with Gasteiger partial charge in [-0.25, -0.2) is 4.79 Å². The molecule has 0 spiro atoms. The van der Waals surface area contributed by atoms with E-state index in [1.54, 1.807) is 19.3 Å². The van der Waals surface area contributed by atoms with Crippen molar-refractivity contribution in [3.8, 4) is 11.5 Å². The second kappa shape index (κ2) is 11.2. The molecule has 10 nitrogen and oxygen atoms in total. The molecule has 3 aromatic rings. The number of rotatable bonds is 8. The Morgan fingerprint density at radius 1 is 1.05 bits per heavy atom. The van der Waals surface area contributed by atoms with E-state index >= 15 is 0 Å². The molecule has 1 aliphatic rings. The number of Topliss-reactive ketones (excluding diaryl/α,β-unsaturated/α-hetero) is 1. The van der Waals surface area contributed by atoms with Crippen LogP contribution in [-0.2, 0) is 15.9 Å². The second-order valence-electron chi connectivity index (χ2n) is 9.26. The van der Waals surface area contributed by atoms with Gasteiger partial charge in [0, 0.05) is 17.7 Å². The van der Waals surface area contributed by atoms with Crippen molar-refractivity contribution in [1.29, 1.82) is 0 Å². The van der Waals surface area contributed by atoms with E-state index in [9.17, 15) is 30.0 Å². The topological polar surface area (TPSA) is 156 Å². The summed E-state index contributed by atoms with van der Waals surface area (Å²) >= 11 is 0. The molecule has 0 bridgehead atoms. The van der Waals surface area contributed by atoms with Gasteiger partial charge in [0.2, 0.25) is 0 Å². The maximum atomic E-state index is 13.2. The van der Waals surface area contributed by atoms with E-state index in [-0.39, 0.29) is 42.3 Å². The largest absolute Gasteiger partial charge is 0.507 e. The van der Waals surface area contributed by atoms with Gasteiger partial charge < -0.3 is 39.1 Å². The first-order valence-electron chi connectivity index (χ1n) is 11.9. The highest BCUT2D eigenvalue weighted by Crippen LogP contribution is 2.35. The third kappa shape index (κ3) is 5.87. The van der Waals surface area contributed by atoms with E-state index in [1.807, 2.05) is 24.3 Å². The molecule has 198 valence electrons. The number of aliphatic hydroxyl groups is 3. The van der Waals surface area contributed by atoms with E-state index in [1.165, 1.54) is 6.07 Å². The monoisotopic (exact) mass is 514 g/mol. The zero-order chi connectivity index (χ0) is 26.7. The zero-order valence-electron chi connectivity index (χ0n) is 20.5. The van der Waals surface area contributed by atoms with Crippen molar-refractivity contribution >= 4 is 22.9 Å². The van der Waals surface area contributed by atoms with Crippen LogP contribution in [0.5, 0.6) is 11.5 Å². The minimum absolute atomic E-state index is 0.00341. The van der Waals surface area contributed by atoms with E-state index in [0.717, 1.165) is 23.6 Å². The Labute approximate surface area is 213 Å². The summed E-state index contributed by atoms with van der Waals surface area (Å²) in [6, 6.07) is 10.5. The minimum Gasteiger partial charge on any atom is -0.507 e. The first-order valence-corrected chi connectivity index (χ1v) is 11.9. The molecular weight excluding hydrogens is 484 g/mol. The summed E-state index contributed by atoms with van der Waals surface area (Å²) in [7, 11) is 1.14. The van der Waals surface area contributed by atoms with Crippen molar-refractivity contribution < 1.29 is 48.6 Å². The first-order chi connectivity index (χ1) is 17.7. The lowest BCUT2D eigenvalue weighted by Gasteiger charge is -2.40. The number of furan rings is 1. The predicted molar refractivity (Wildman–Crippen MR) is 131 cm³/mol. The first kappa shape index (κ1) is 26.5. The summed E-state index contributed by atoms with van der Waals surface area (Å²) in [5.74, 6) is -1.34. The summed E-state index contributed by atoms with van der Waals surface area (Å²) < 4.78 is 20.7. The molecule has 4 N–H and O–H groups in total. The van der Waals surface area contributed by atoms with Gasteiger partial charge in [-0.2, -0.15) is 0 Å². The Morgan fingerprint density at radius 2 is 1.84 bits per heavy atom. The number of ether oxygens (including phenoxy) is 3. The number of phenols is 1. The molecule has 2 aromatic carbocycles. The Bertz CT molecular complexity index is 1270. The number of aromatic hydroxyl groups is 1. The Morgan fingerprint density at radius 3 is 2.59 bits per heavy atom. The highest BCUT2D eigenvalue weighted by molar-refractivity contribution is 6.01. The number of aryl methyl sites for hydroxylation is 2. The highest BCUT2D eigenvalue weighted by atomic mass is 16.7. The van der Waals surface area contributed by atoms with E-state index in [2.05, 4.69) is 4.74 Å². The normalized spacial score (nSPS) is 23.5. The van der Waals surface area contributed by atoms with Gasteiger partial charge in [-0.3, -0.25) is 4.79 Å². The van der Waals surface area contributed by atoms with E-state index in [4.69, 9.17) is 13.9 Å². The van der Waals surface area contributed by atoms with Crippen LogP contribution in [0, 0.1) is 12.8 Å². The molecule has 5 atom stereocenters. The fourth-order valence-electron chi connectivity index (χ4n) is 4.62. The lowest BCUT2D eigenvalue weighted by atomic mass is 9.81.